The number of rotatable bonds is 5. The number of amides is 1. The van der Waals surface area contributed by atoms with Gasteiger partial charge in [0.15, 0.2) is 5.65 Å². The molecule has 30 heavy (non-hydrogen) atoms. The molecule has 1 aliphatic rings. The second kappa shape index (κ2) is 8.78. The first-order chi connectivity index (χ1) is 14.5. The summed E-state index contributed by atoms with van der Waals surface area (Å²) in [5.74, 6) is 1.33. The van der Waals surface area contributed by atoms with E-state index in [4.69, 9.17) is 0 Å². The van der Waals surface area contributed by atoms with E-state index in [1.807, 2.05) is 25.1 Å². The van der Waals surface area contributed by atoms with E-state index in [1.165, 1.54) is 32.1 Å². The Hall–Kier alpha value is -3.02. The maximum atomic E-state index is 13.0. The van der Waals surface area contributed by atoms with Crippen LogP contribution >= 0.6 is 0 Å². The zero-order valence-corrected chi connectivity index (χ0v) is 17.6. The van der Waals surface area contributed by atoms with Gasteiger partial charge in [-0.15, -0.1) is 0 Å². The van der Waals surface area contributed by atoms with Crippen LogP contribution in [0.1, 0.15) is 56.3 Å². The minimum absolute atomic E-state index is 0.0585. The predicted molar refractivity (Wildman–Crippen MR) is 119 cm³/mol. The first kappa shape index (κ1) is 20.3. The molecule has 2 aromatic heterocycles. The number of anilines is 1. The van der Waals surface area contributed by atoms with Crippen molar-refractivity contribution in [3.8, 4) is 5.69 Å². The van der Waals surface area contributed by atoms with Gasteiger partial charge in [-0.3, -0.25) is 14.2 Å². The van der Waals surface area contributed by atoms with Crippen molar-refractivity contribution in [2.75, 3.05) is 5.32 Å². The van der Waals surface area contributed by atoms with Crippen molar-refractivity contribution < 1.29 is 4.79 Å². The summed E-state index contributed by atoms with van der Waals surface area (Å²) in [6.45, 7) is 3.74. The summed E-state index contributed by atoms with van der Waals surface area (Å²) in [6, 6.07) is 9.10. The van der Waals surface area contributed by atoms with E-state index in [-0.39, 0.29) is 11.5 Å². The van der Waals surface area contributed by atoms with Gasteiger partial charge in [-0.25, -0.2) is 9.97 Å². The quantitative estimate of drug-likeness (QED) is 0.669. The van der Waals surface area contributed by atoms with Gasteiger partial charge < -0.3 is 5.32 Å². The maximum absolute atomic E-state index is 13.0. The van der Waals surface area contributed by atoms with Crippen molar-refractivity contribution in [2.24, 2.45) is 5.92 Å². The summed E-state index contributed by atoms with van der Waals surface area (Å²) >= 11 is 0. The van der Waals surface area contributed by atoms with E-state index >= 15 is 0 Å². The zero-order valence-electron chi connectivity index (χ0n) is 17.6. The molecule has 1 N–H and O–H groups in total. The number of aryl methyl sites for hydroxylation is 2. The van der Waals surface area contributed by atoms with Crippen LogP contribution in [0.15, 0.2) is 41.3 Å². The molecule has 4 rings (SSSR count). The molecule has 0 saturated heterocycles. The van der Waals surface area contributed by atoms with Crippen molar-refractivity contribution in [1.29, 1.82) is 0 Å². The maximum Gasteiger partial charge on any atom is 0.267 e. The molecule has 0 spiro atoms. The first-order valence-corrected chi connectivity index (χ1v) is 10.8. The summed E-state index contributed by atoms with van der Waals surface area (Å²) in [6.07, 6.45) is 9.60. The fourth-order valence-electron chi connectivity index (χ4n) is 4.38. The number of carbonyl (C=O) groups is 1. The second-order valence-electron chi connectivity index (χ2n) is 8.26. The summed E-state index contributed by atoms with van der Waals surface area (Å²) < 4.78 is 1.59. The van der Waals surface area contributed by atoms with E-state index in [0.29, 0.717) is 29.2 Å². The molecule has 6 nitrogen and oxygen atoms in total. The lowest BCUT2D eigenvalue weighted by atomic mass is 9.86. The molecule has 0 bridgehead atoms. The summed E-state index contributed by atoms with van der Waals surface area (Å²) in [7, 11) is 0. The second-order valence-corrected chi connectivity index (χ2v) is 8.26. The molecule has 0 atom stereocenters. The van der Waals surface area contributed by atoms with Crippen molar-refractivity contribution in [2.45, 2.75) is 58.8 Å². The standard InChI is InChI=1S/C24H28N4O2/c1-16-15-19(28-17(2)26-23-20(24(28)30)9-6-14-25-23)11-12-21(16)27-22(29)13-10-18-7-4-3-5-8-18/h6,9,11-12,14-15,18H,3-5,7-8,10,13H2,1-2H3,(H,27,29). The Balaban J connectivity index is 1.51. The van der Waals surface area contributed by atoms with E-state index in [1.54, 1.807) is 29.8 Å². The van der Waals surface area contributed by atoms with Gasteiger partial charge in [0.2, 0.25) is 5.91 Å². The molecule has 0 unspecified atom stereocenters. The van der Waals surface area contributed by atoms with Crippen molar-refractivity contribution in [1.82, 2.24) is 14.5 Å². The smallest absolute Gasteiger partial charge is 0.267 e. The van der Waals surface area contributed by atoms with Gasteiger partial charge in [0.05, 0.1) is 11.1 Å². The Morgan fingerprint density at radius 1 is 1.17 bits per heavy atom. The molecule has 0 radical (unpaired) electrons. The van der Waals surface area contributed by atoms with Crippen LogP contribution in [-0.2, 0) is 4.79 Å². The average Bonchev–Trinajstić information content (AvgIpc) is 2.75. The van der Waals surface area contributed by atoms with E-state index in [0.717, 1.165) is 23.4 Å². The van der Waals surface area contributed by atoms with Gasteiger partial charge in [-0.1, -0.05) is 32.1 Å². The van der Waals surface area contributed by atoms with Crippen molar-refractivity contribution in [3.05, 3.63) is 58.3 Å². The molecule has 1 aliphatic carbocycles. The fraction of sp³-hybridized carbons (Fsp3) is 0.417. The third kappa shape index (κ3) is 4.27. The number of carbonyl (C=O) groups excluding carboxylic acids is 1. The molecule has 6 heteroatoms. The number of hydrogen-bond donors (Lipinski definition) is 1. The van der Waals surface area contributed by atoms with Crippen LogP contribution in [0.2, 0.25) is 0 Å². The third-order valence-corrected chi connectivity index (χ3v) is 6.06. The lowest BCUT2D eigenvalue weighted by molar-refractivity contribution is -0.116. The number of hydrogen-bond acceptors (Lipinski definition) is 4. The summed E-state index contributed by atoms with van der Waals surface area (Å²) in [5.41, 5.74) is 2.74. The number of benzene rings is 1. The number of fused-ring (bicyclic) bond motifs is 1. The topological polar surface area (TPSA) is 76.9 Å². The van der Waals surface area contributed by atoms with Crippen LogP contribution in [0, 0.1) is 19.8 Å². The van der Waals surface area contributed by atoms with Crippen LogP contribution in [-0.4, -0.2) is 20.4 Å². The molecule has 156 valence electrons. The van der Waals surface area contributed by atoms with Gasteiger partial charge in [0.25, 0.3) is 5.56 Å². The van der Waals surface area contributed by atoms with E-state index in [2.05, 4.69) is 15.3 Å². The molecule has 1 aromatic carbocycles. The number of aromatic nitrogens is 3. The third-order valence-electron chi connectivity index (χ3n) is 6.06. The molecular formula is C24H28N4O2. The Morgan fingerprint density at radius 3 is 2.73 bits per heavy atom. The lowest BCUT2D eigenvalue weighted by Crippen LogP contribution is -2.23. The minimum atomic E-state index is -0.144. The Kier molecular flexibility index (Phi) is 5.93. The predicted octanol–water partition coefficient (Wildman–Crippen LogP) is 4.70. The highest BCUT2D eigenvalue weighted by Gasteiger charge is 2.16. The Bertz CT molecular complexity index is 1130. The summed E-state index contributed by atoms with van der Waals surface area (Å²) in [4.78, 5) is 34.1. The number of pyridine rings is 1. The van der Waals surface area contributed by atoms with Crippen LogP contribution in [0.5, 0.6) is 0 Å². The van der Waals surface area contributed by atoms with E-state index in [9.17, 15) is 9.59 Å². The lowest BCUT2D eigenvalue weighted by Gasteiger charge is -2.21. The number of nitrogens with zero attached hydrogens (tertiary/aromatic N) is 3. The number of nitrogens with one attached hydrogen (secondary N) is 1. The van der Waals surface area contributed by atoms with Gasteiger partial charge in [0, 0.05) is 18.3 Å². The van der Waals surface area contributed by atoms with Crippen LogP contribution in [0.3, 0.4) is 0 Å². The molecular weight excluding hydrogens is 376 g/mol. The Morgan fingerprint density at radius 2 is 1.97 bits per heavy atom. The van der Waals surface area contributed by atoms with Crippen LogP contribution in [0.25, 0.3) is 16.7 Å². The highest BCUT2D eigenvalue weighted by molar-refractivity contribution is 5.91. The highest BCUT2D eigenvalue weighted by atomic mass is 16.1. The normalized spacial score (nSPS) is 14.7. The van der Waals surface area contributed by atoms with Crippen LogP contribution in [0.4, 0.5) is 5.69 Å². The van der Waals surface area contributed by atoms with Gasteiger partial charge >= 0.3 is 0 Å². The minimum Gasteiger partial charge on any atom is -0.326 e. The van der Waals surface area contributed by atoms with Crippen molar-refractivity contribution >= 4 is 22.6 Å². The fourth-order valence-corrected chi connectivity index (χ4v) is 4.38. The molecule has 0 aliphatic heterocycles. The largest absolute Gasteiger partial charge is 0.326 e. The highest BCUT2D eigenvalue weighted by Crippen LogP contribution is 2.27. The molecule has 1 amide bonds. The molecule has 3 aromatic rings. The van der Waals surface area contributed by atoms with Gasteiger partial charge in [-0.05, 0) is 62.1 Å². The van der Waals surface area contributed by atoms with E-state index < -0.39 is 0 Å². The van der Waals surface area contributed by atoms with Gasteiger partial charge in [-0.2, -0.15) is 0 Å². The summed E-state index contributed by atoms with van der Waals surface area (Å²) in [5, 5.41) is 3.52. The first-order valence-electron chi connectivity index (χ1n) is 10.8. The monoisotopic (exact) mass is 404 g/mol. The zero-order chi connectivity index (χ0) is 21.1. The Labute approximate surface area is 176 Å². The SMILES string of the molecule is Cc1cc(-n2c(C)nc3ncccc3c2=O)ccc1NC(=O)CCC1CCCCC1. The molecule has 1 fully saturated rings. The average molecular weight is 405 g/mol. The molecule has 2 heterocycles. The van der Waals surface area contributed by atoms with Crippen molar-refractivity contribution in [3.63, 3.8) is 0 Å². The molecule has 1 saturated carbocycles. The van der Waals surface area contributed by atoms with Crippen LogP contribution < -0.4 is 10.9 Å². The van der Waals surface area contributed by atoms with Gasteiger partial charge in [0.1, 0.15) is 5.82 Å².